The Hall–Kier alpha value is -0.160. The third-order valence-corrected chi connectivity index (χ3v) is 2.17. The van der Waals surface area contributed by atoms with Crippen molar-refractivity contribution in [2.75, 3.05) is 0 Å². The lowest BCUT2D eigenvalue weighted by Crippen LogP contribution is -1.87. The number of aldehydes is 1. The molecule has 0 amide bonds. The lowest BCUT2D eigenvalue weighted by molar-refractivity contribution is 0.112. The van der Waals surface area contributed by atoms with Crippen LogP contribution in [0.3, 0.4) is 0 Å². The molecule has 0 N–H and O–H groups in total. The van der Waals surface area contributed by atoms with Crippen LogP contribution in [0, 0.1) is 9.39 Å². The molecule has 0 saturated heterocycles. The predicted molar refractivity (Wildman–Crippen MR) is 49.5 cm³/mol. The molecule has 0 saturated carbocycles. The van der Waals surface area contributed by atoms with E-state index in [0.29, 0.717) is 9.86 Å². The third-order valence-electron chi connectivity index (χ3n) is 1.15. The van der Waals surface area contributed by atoms with Gasteiger partial charge in [0.15, 0.2) is 6.29 Å². The van der Waals surface area contributed by atoms with Crippen LogP contribution in [-0.2, 0) is 0 Å². The fourth-order valence-electron chi connectivity index (χ4n) is 0.662. The molecule has 0 aromatic heterocycles. The summed E-state index contributed by atoms with van der Waals surface area (Å²) in [6.07, 6.45) is 0.535. The van der Waals surface area contributed by atoms with Crippen LogP contribution in [0.25, 0.3) is 0 Å². The van der Waals surface area contributed by atoms with Gasteiger partial charge >= 0.3 is 0 Å². The van der Waals surface area contributed by atoms with E-state index in [1.165, 1.54) is 12.1 Å². The SMILES string of the molecule is O=Cc1cc(I)cc(F)c1Cl. The van der Waals surface area contributed by atoms with E-state index in [1.807, 2.05) is 22.6 Å². The van der Waals surface area contributed by atoms with Crippen LogP contribution in [0.15, 0.2) is 12.1 Å². The van der Waals surface area contributed by atoms with Crippen molar-refractivity contribution in [3.63, 3.8) is 0 Å². The lowest BCUT2D eigenvalue weighted by atomic mass is 10.2. The first-order valence-corrected chi connectivity index (χ1v) is 4.20. The molecule has 0 atom stereocenters. The molecule has 0 heterocycles. The smallest absolute Gasteiger partial charge is 0.151 e. The Balaban J connectivity index is 3.35. The maximum atomic E-state index is 12.7. The van der Waals surface area contributed by atoms with Crippen molar-refractivity contribution in [3.8, 4) is 0 Å². The fraction of sp³-hybridized carbons (Fsp3) is 0. The van der Waals surface area contributed by atoms with Crippen LogP contribution in [0.4, 0.5) is 4.39 Å². The highest BCUT2D eigenvalue weighted by molar-refractivity contribution is 14.1. The molecule has 0 fully saturated rings. The van der Waals surface area contributed by atoms with Crippen molar-refractivity contribution in [2.45, 2.75) is 0 Å². The molecule has 11 heavy (non-hydrogen) atoms. The van der Waals surface area contributed by atoms with Gasteiger partial charge in [-0.1, -0.05) is 11.6 Å². The third kappa shape index (κ3) is 1.90. The average molecular weight is 284 g/mol. The fourth-order valence-corrected chi connectivity index (χ4v) is 1.42. The predicted octanol–water partition coefficient (Wildman–Crippen LogP) is 2.90. The van der Waals surface area contributed by atoms with Crippen molar-refractivity contribution < 1.29 is 9.18 Å². The second-order valence-electron chi connectivity index (χ2n) is 1.91. The van der Waals surface area contributed by atoms with E-state index in [4.69, 9.17) is 11.6 Å². The largest absolute Gasteiger partial charge is 0.298 e. The van der Waals surface area contributed by atoms with Crippen LogP contribution in [0.5, 0.6) is 0 Å². The molecule has 1 aromatic rings. The summed E-state index contributed by atoms with van der Waals surface area (Å²) in [5.74, 6) is -0.555. The van der Waals surface area contributed by atoms with E-state index in [1.54, 1.807) is 0 Å². The summed E-state index contributed by atoms with van der Waals surface area (Å²) in [5.41, 5.74) is 0.191. The Kier molecular flexibility index (Phi) is 2.84. The van der Waals surface area contributed by atoms with E-state index in [0.717, 1.165) is 0 Å². The zero-order valence-electron chi connectivity index (χ0n) is 5.27. The number of benzene rings is 1. The highest BCUT2D eigenvalue weighted by atomic mass is 127. The molecular weight excluding hydrogens is 281 g/mol. The standard InChI is InChI=1S/C7H3ClFIO/c8-7-4(3-11)1-5(10)2-6(7)9/h1-3H. The molecule has 1 rings (SSSR count). The molecule has 1 aromatic carbocycles. The molecule has 0 aliphatic rings. The van der Waals surface area contributed by atoms with Crippen LogP contribution < -0.4 is 0 Å². The number of carbonyl (C=O) groups is 1. The molecule has 1 nitrogen and oxygen atoms in total. The summed E-state index contributed by atoms with van der Waals surface area (Å²) in [6.45, 7) is 0. The minimum Gasteiger partial charge on any atom is -0.298 e. The van der Waals surface area contributed by atoms with E-state index < -0.39 is 5.82 Å². The molecule has 0 radical (unpaired) electrons. The van der Waals surface area contributed by atoms with Gasteiger partial charge in [-0.15, -0.1) is 0 Å². The van der Waals surface area contributed by atoms with Gasteiger partial charge in [0.1, 0.15) is 5.82 Å². The highest BCUT2D eigenvalue weighted by Gasteiger charge is 2.06. The average Bonchev–Trinajstić information content (AvgIpc) is 1.96. The van der Waals surface area contributed by atoms with Gasteiger partial charge in [0.05, 0.1) is 5.02 Å². The number of hydrogen-bond donors (Lipinski definition) is 0. The molecular formula is C7H3ClFIO. The number of halogens is 3. The van der Waals surface area contributed by atoms with Crippen LogP contribution in [0.1, 0.15) is 10.4 Å². The second-order valence-corrected chi connectivity index (χ2v) is 3.53. The molecule has 4 heteroatoms. The van der Waals surface area contributed by atoms with E-state index in [2.05, 4.69) is 0 Å². The normalized spacial score (nSPS) is 9.73. The molecule has 58 valence electrons. The minimum atomic E-state index is -0.555. The quantitative estimate of drug-likeness (QED) is 0.440. The Morgan fingerprint density at radius 1 is 1.55 bits per heavy atom. The zero-order valence-corrected chi connectivity index (χ0v) is 8.19. The highest BCUT2D eigenvalue weighted by Crippen LogP contribution is 2.21. The van der Waals surface area contributed by atoms with Crippen LogP contribution in [0.2, 0.25) is 5.02 Å². The van der Waals surface area contributed by atoms with Crippen molar-refractivity contribution in [2.24, 2.45) is 0 Å². The molecule has 0 aliphatic heterocycles. The summed E-state index contributed by atoms with van der Waals surface area (Å²) in [7, 11) is 0. The van der Waals surface area contributed by atoms with E-state index in [-0.39, 0.29) is 10.6 Å². The van der Waals surface area contributed by atoms with Gasteiger partial charge < -0.3 is 0 Å². The summed E-state index contributed by atoms with van der Waals surface area (Å²) < 4.78 is 13.4. The van der Waals surface area contributed by atoms with Crippen molar-refractivity contribution in [1.29, 1.82) is 0 Å². The van der Waals surface area contributed by atoms with Gasteiger partial charge in [-0.05, 0) is 34.7 Å². The summed E-state index contributed by atoms with van der Waals surface area (Å²) >= 11 is 7.37. The first-order chi connectivity index (χ1) is 5.15. The number of hydrogen-bond acceptors (Lipinski definition) is 1. The van der Waals surface area contributed by atoms with Gasteiger partial charge in [0.25, 0.3) is 0 Å². The summed E-state index contributed by atoms with van der Waals surface area (Å²) in [6, 6.07) is 2.80. The van der Waals surface area contributed by atoms with Gasteiger partial charge in [-0.2, -0.15) is 0 Å². The summed E-state index contributed by atoms with van der Waals surface area (Å²) in [5, 5.41) is -0.111. The molecule has 0 unspecified atom stereocenters. The Morgan fingerprint density at radius 3 is 2.73 bits per heavy atom. The molecule has 0 aliphatic carbocycles. The van der Waals surface area contributed by atoms with Gasteiger partial charge in [-0.25, -0.2) is 4.39 Å². The summed E-state index contributed by atoms with van der Waals surface area (Å²) in [4.78, 5) is 10.3. The first kappa shape index (κ1) is 8.93. The lowest BCUT2D eigenvalue weighted by Gasteiger charge is -1.97. The Morgan fingerprint density at radius 2 is 2.18 bits per heavy atom. The zero-order chi connectivity index (χ0) is 8.43. The minimum absolute atomic E-state index is 0.111. The number of carbonyl (C=O) groups excluding carboxylic acids is 1. The van der Waals surface area contributed by atoms with E-state index >= 15 is 0 Å². The monoisotopic (exact) mass is 284 g/mol. The Bertz CT molecular complexity index is 301. The van der Waals surface area contributed by atoms with Crippen LogP contribution in [-0.4, -0.2) is 6.29 Å². The molecule has 0 bridgehead atoms. The Labute approximate surface area is 81.7 Å². The maximum Gasteiger partial charge on any atom is 0.151 e. The van der Waals surface area contributed by atoms with Crippen molar-refractivity contribution >= 4 is 40.5 Å². The topological polar surface area (TPSA) is 17.1 Å². The van der Waals surface area contributed by atoms with E-state index in [9.17, 15) is 9.18 Å². The van der Waals surface area contributed by atoms with Gasteiger partial charge in [0, 0.05) is 9.13 Å². The van der Waals surface area contributed by atoms with Crippen molar-refractivity contribution in [3.05, 3.63) is 32.1 Å². The van der Waals surface area contributed by atoms with Gasteiger partial charge in [-0.3, -0.25) is 4.79 Å². The second kappa shape index (κ2) is 3.49. The molecule has 0 spiro atoms. The van der Waals surface area contributed by atoms with Crippen molar-refractivity contribution in [1.82, 2.24) is 0 Å². The van der Waals surface area contributed by atoms with Crippen LogP contribution >= 0.6 is 34.2 Å². The maximum absolute atomic E-state index is 12.7. The van der Waals surface area contributed by atoms with Gasteiger partial charge in [0.2, 0.25) is 0 Å². The number of rotatable bonds is 1. The first-order valence-electron chi connectivity index (χ1n) is 2.75.